The van der Waals surface area contributed by atoms with Crippen LogP contribution in [0.15, 0.2) is 42.5 Å². The van der Waals surface area contributed by atoms with E-state index < -0.39 is 0 Å². The van der Waals surface area contributed by atoms with Gasteiger partial charge in [0.2, 0.25) is 0 Å². The van der Waals surface area contributed by atoms with Crippen molar-refractivity contribution >= 4 is 23.3 Å². The molecule has 0 spiro atoms. The molecule has 0 unspecified atom stereocenters. The predicted molar refractivity (Wildman–Crippen MR) is 107 cm³/mol. The number of rotatable bonds is 6. The molecule has 0 saturated heterocycles. The van der Waals surface area contributed by atoms with Gasteiger partial charge >= 0.3 is 6.03 Å². The lowest BCUT2D eigenvalue weighted by molar-refractivity contribution is 0.0332. The molecule has 3 rings (SSSR count). The molecule has 144 valence electrons. The zero-order valence-corrected chi connectivity index (χ0v) is 16.4. The number of urea groups is 1. The Balaban J connectivity index is 1.58. The van der Waals surface area contributed by atoms with E-state index in [1.165, 1.54) is 0 Å². The first-order chi connectivity index (χ1) is 12.9. The van der Waals surface area contributed by atoms with E-state index >= 15 is 0 Å². The molecule has 1 aliphatic rings. The fraction of sp³-hybridized carbons (Fsp3) is 0.381. The van der Waals surface area contributed by atoms with Crippen molar-refractivity contribution in [2.45, 2.75) is 32.5 Å². The number of aliphatic hydroxyl groups excluding tert-OH is 1. The van der Waals surface area contributed by atoms with Crippen LogP contribution in [0.5, 0.6) is 5.75 Å². The predicted octanol–water partition coefficient (Wildman–Crippen LogP) is 4.46. The van der Waals surface area contributed by atoms with Gasteiger partial charge in [-0.25, -0.2) is 4.79 Å². The maximum Gasteiger partial charge on any atom is 0.321 e. The number of aliphatic hydroxyl groups is 1. The lowest BCUT2D eigenvalue weighted by atomic mass is 9.82. The van der Waals surface area contributed by atoms with Crippen molar-refractivity contribution in [1.29, 1.82) is 0 Å². The van der Waals surface area contributed by atoms with E-state index in [1.54, 1.807) is 11.9 Å². The molecule has 27 heavy (non-hydrogen) atoms. The van der Waals surface area contributed by atoms with E-state index in [4.69, 9.17) is 16.3 Å². The third-order valence-electron chi connectivity index (χ3n) is 4.81. The van der Waals surface area contributed by atoms with Gasteiger partial charge in [0, 0.05) is 30.4 Å². The summed E-state index contributed by atoms with van der Waals surface area (Å²) < 4.78 is 5.91. The quantitative estimate of drug-likeness (QED) is 0.767. The summed E-state index contributed by atoms with van der Waals surface area (Å²) in [6.45, 7) is 3.02. The first-order valence-corrected chi connectivity index (χ1v) is 9.46. The van der Waals surface area contributed by atoms with Crippen LogP contribution in [0.2, 0.25) is 5.02 Å². The number of carbonyl (C=O) groups is 1. The fourth-order valence-corrected chi connectivity index (χ4v) is 3.37. The van der Waals surface area contributed by atoms with Gasteiger partial charge in [0.1, 0.15) is 12.4 Å². The number of anilines is 1. The molecule has 1 saturated carbocycles. The fourth-order valence-electron chi connectivity index (χ4n) is 3.16. The van der Waals surface area contributed by atoms with Crippen LogP contribution >= 0.6 is 11.6 Å². The molecule has 0 atom stereocenters. The van der Waals surface area contributed by atoms with Crippen molar-refractivity contribution in [3.05, 3.63) is 58.6 Å². The number of hydrogen-bond donors (Lipinski definition) is 2. The van der Waals surface area contributed by atoms with E-state index in [9.17, 15) is 9.90 Å². The van der Waals surface area contributed by atoms with E-state index in [-0.39, 0.29) is 12.1 Å². The molecule has 1 aliphatic carbocycles. The third-order valence-corrected chi connectivity index (χ3v) is 5.05. The molecule has 5 nitrogen and oxygen atoms in total. The Morgan fingerprint density at radius 1 is 1.30 bits per heavy atom. The van der Waals surface area contributed by atoms with Crippen LogP contribution in [0.25, 0.3) is 0 Å². The summed E-state index contributed by atoms with van der Waals surface area (Å²) in [7, 11) is 1.77. The molecule has 0 heterocycles. The van der Waals surface area contributed by atoms with Gasteiger partial charge in [0.05, 0.1) is 6.10 Å². The Bertz CT molecular complexity index is 806. The number of ether oxygens (including phenoxy) is 1. The van der Waals surface area contributed by atoms with Crippen LogP contribution in [-0.2, 0) is 6.61 Å². The standard InChI is InChI=1S/C21H25ClN2O3/c1-14-6-7-18(23-21(26)24(2)12-16-9-19(25)10-16)11-20(14)27-13-15-4-3-5-17(22)8-15/h3-8,11,16,19,25H,9-10,12-13H2,1-2H3,(H,23,26). The number of hydrogen-bond acceptors (Lipinski definition) is 3. The Hall–Kier alpha value is -2.24. The van der Waals surface area contributed by atoms with Crippen molar-refractivity contribution in [3.8, 4) is 5.75 Å². The number of aryl methyl sites for hydroxylation is 1. The van der Waals surface area contributed by atoms with E-state index in [1.807, 2.05) is 49.4 Å². The molecule has 2 aromatic carbocycles. The first-order valence-electron chi connectivity index (χ1n) is 9.09. The monoisotopic (exact) mass is 388 g/mol. The van der Waals surface area contributed by atoms with Crippen LogP contribution in [0.4, 0.5) is 10.5 Å². The second kappa shape index (κ2) is 8.63. The summed E-state index contributed by atoms with van der Waals surface area (Å²) >= 11 is 6.01. The summed E-state index contributed by atoms with van der Waals surface area (Å²) in [5.74, 6) is 1.10. The molecule has 1 fully saturated rings. The minimum Gasteiger partial charge on any atom is -0.489 e. The average molecular weight is 389 g/mol. The van der Waals surface area contributed by atoms with E-state index in [0.717, 1.165) is 29.7 Å². The number of nitrogens with zero attached hydrogens (tertiary/aromatic N) is 1. The summed E-state index contributed by atoms with van der Waals surface area (Å²) in [6, 6.07) is 13.0. The van der Waals surface area contributed by atoms with Crippen molar-refractivity contribution in [1.82, 2.24) is 4.90 Å². The van der Waals surface area contributed by atoms with Crippen LogP contribution in [0, 0.1) is 12.8 Å². The molecule has 2 N–H and O–H groups in total. The van der Waals surface area contributed by atoms with Crippen LogP contribution in [-0.4, -0.2) is 35.7 Å². The summed E-state index contributed by atoms with van der Waals surface area (Å²) in [5, 5.41) is 13.0. The summed E-state index contributed by atoms with van der Waals surface area (Å²) in [4.78, 5) is 14.0. The number of carbonyl (C=O) groups excluding carboxylic acids is 1. The second-order valence-electron chi connectivity index (χ2n) is 7.20. The molecule has 0 aliphatic heterocycles. The number of benzene rings is 2. The molecule has 0 bridgehead atoms. The highest BCUT2D eigenvalue weighted by Crippen LogP contribution is 2.28. The zero-order valence-electron chi connectivity index (χ0n) is 15.6. The molecule has 0 aromatic heterocycles. The third kappa shape index (κ3) is 5.37. The van der Waals surface area contributed by atoms with Crippen molar-refractivity contribution in [3.63, 3.8) is 0 Å². The molecule has 2 amide bonds. The van der Waals surface area contributed by atoms with Gasteiger partial charge in [0.15, 0.2) is 0 Å². The number of nitrogens with one attached hydrogen (secondary N) is 1. The topological polar surface area (TPSA) is 61.8 Å². The Morgan fingerprint density at radius 2 is 2.07 bits per heavy atom. The van der Waals surface area contributed by atoms with Crippen molar-refractivity contribution in [2.24, 2.45) is 5.92 Å². The van der Waals surface area contributed by atoms with Gasteiger partial charge in [-0.3, -0.25) is 0 Å². The highest BCUT2D eigenvalue weighted by Gasteiger charge is 2.29. The lowest BCUT2D eigenvalue weighted by Crippen LogP contribution is -2.41. The molecule has 0 radical (unpaired) electrons. The normalized spacial score (nSPS) is 18.5. The Morgan fingerprint density at radius 3 is 2.78 bits per heavy atom. The number of amides is 2. The van der Waals surface area contributed by atoms with Crippen molar-refractivity contribution in [2.75, 3.05) is 18.9 Å². The number of halogens is 1. The Kier molecular flexibility index (Phi) is 6.24. The second-order valence-corrected chi connectivity index (χ2v) is 7.64. The first kappa shape index (κ1) is 19.5. The van der Waals surface area contributed by atoms with Gasteiger partial charge in [-0.05, 0) is 55.0 Å². The van der Waals surface area contributed by atoms with Gasteiger partial charge < -0.3 is 20.1 Å². The van der Waals surface area contributed by atoms with E-state index in [2.05, 4.69) is 5.32 Å². The Labute approximate surface area is 164 Å². The molecular formula is C21H25ClN2O3. The average Bonchev–Trinajstić information content (AvgIpc) is 2.60. The molecule has 2 aromatic rings. The van der Waals surface area contributed by atoms with Gasteiger partial charge in [-0.15, -0.1) is 0 Å². The molecular weight excluding hydrogens is 364 g/mol. The van der Waals surface area contributed by atoms with Crippen molar-refractivity contribution < 1.29 is 14.6 Å². The van der Waals surface area contributed by atoms with Crippen LogP contribution < -0.4 is 10.1 Å². The lowest BCUT2D eigenvalue weighted by Gasteiger charge is -2.34. The maximum atomic E-state index is 12.4. The van der Waals surface area contributed by atoms with Gasteiger partial charge in [-0.2, -0.15) is 0 Å². The summed E-state index contributed by atoms with van der Waals surface area (Å²) in [5.41, 5.74) is 2.66. The minimum absolute atomic E-state index is 0.166. The van der Waals surface area contributed by atoms with Crippen LogP contribution in [0.3, 0.4) is 0 Å². The van der Waals surface area contributed by atoms with Gasteiger partial charge in [-0.1, -0.05) is 29.8 Å². The molecule has 6 heteroatoms. The zero-order chi connectivity index (χ0) is 19.4. The minimum atomic E-state index is -0.206. The summed E-state index contributed by atoms with van der Waals surface area (Å²) in [6.07, 6.45) is 1.33. The van der Waals surface area contributed by atoms with Gasteiger partial charge in [0.25, 0.3) is 0 Å². The maximum absolute atomic E-state index is 12.4. The van der Waals surface area contributed by atoms with Crippen LogP contribution in [0.1, 0.15) is 24.0 Å². The highest BCUT2D eigenvalue weighted by molar-refractivity contribution is 6.30. The SMILES string of the molecule is Cc1ccc(NC(=O)N(C)CC2CC(O)C2)cc1OCc1cccc(Cl)c1. The highest BCUT2D eigenvalue weighted by atomic mass is 35.5. The largest absolute Gasteiger partial charge is 0.489 e. The van der Waals surface area contributed by atoms with E-state index in [0.29, 0.717) is 29.8 Å². The smallest absolute Gasteiger partial charge is 0.321 e.